The smallest absolute Gasteiger partial charge is 0.275 e. The van der Waals surface area contributed by atoms with E-state index in [0.29, 0.717) is 18.0 Å². The molecule has 0 fully saturated rings. The van der Waals surface area contributed by atoms with Gasteiger partial charge in [-0.15, -0.1) is 0 Å². The highest BCUT2D eigenvalue weighted by atomic mass is 16.5. The molecule has 1 aromatic heterocycles. The van der Waals surface area contributed by atoms with Crippen molar-refractivity contribution in [1.29, 1.82) is 0 Å². The van der Waals surface area contributed by atoms with Crippen molar-refractivity contribution < 1.29 is 9.32 Å². The highest BCUT2D eigenvalue weighted by Gasteiger charge is 2.16. The van der Waals surface area contributed by atoms with Crippen LogP contribution in [0.3, 0.4) is 0 Å². The Hall–Kier alpha value is -2.10. The molecule has 0 aliphatic carbocycles. The number of hydrogen-bond donors (Lipinski definition) is 0. The summed E-state index contributed by atoms with van der Waals surface area (Å²) in [6.07, 6.45) is 0. The van der Waals surface area contributed by atoms with E-state index in [1.165, 1.54) is 0 Å². The molecule has 4 nitrogen and oxygen atoms in total. The number of rotatable bonds is 3. The molecule has 0 spiro atoms. The first-order chi connectivity index (χ1) is 8.22. The summed E-state index contributed by atoms with van der Waals surface area (Å²) in [5.74, 6) is 0.483. The molecule has 0 bridgehead atoms. The van der Waals surface area contributed by atoms with E-state index >= 15 is 0 Å². The average Bonchev–Trinajstić information content (AvgIpc) is 2.87. The van der Waals surface area contributed by atoms with Crippen LogP contribution < -0.4 is 0 Å². The van der Waals surface area contributed by atoms with Crippen LogP contribution in [0.5, 0.6) is 0 Å². The van der Waals surface area contributed by atoms with Gasteiger partial charge in [-0.25, -0.2) is 0 Å². The summed E-state index contributed by atoms with van der Waals surface area (Å²) in [5, 5.41) is 3.80. The first kappa shape index (κ1) is 11.4. The summed E-state index contributed by atoms with van der Waals surface area (Å²) in [4.78, 5) is 13.4. The molecule has 0 N–H and O–H groups in total. The van der Waals surface area contributed by atoms with Crippen molar-refractivity contribution in [2.24, 2.45) is 0 Å². The number of carbonyl (C=O) groups is 1. The molecular weight excluding hydrogens is 216 g/mol. The van der Waals surface area contributed by atoms with E-state index in [1.807, 2.05) is 37.3 Å². The van der Waals surface area contributed by atoms with E-state index in [0.717, 1.165) is 5.56 Å². The highest BCUT2D eigenvalue weighted by Crippen LogP contribution is 2.20. The van der Waals surface area contributed by atoms with Crippen molar-refractivity contribution in [3.05, 3.63) is 42.1 Å². The molecule has 0 aliphatic heterocycles. The van der Waals surface area contributed by atoms with E-state index in [-0.39, 0.29) is 5.91 Å². The molecule has 0 atom stereocenters. The first-order valence-corrected chi connectivity index (χ1v) is 5.50. The number of benzene rings is 1. The van der Waals surface area contributed by atoms with Gasteiger partial charge in [-0.2, -0.15) is 0 Å². The maximum absolute atomic E-state index is 11.8. The first-order valence-electron chi connectivity index (χ1n) is 5.50. The topological polar surface area (TPSA) is 46.3 Å². The number of carbonyl (C=O) groups excluding carboxylic acids is 1. The fourth-order valence-corrected chi connectivity index (χ4v) is 1.45. The van der Waals surface area contributed by atoms with Gasteiger partial charge in [0.1, 0.15) is 0 Å². The van der Waals surface area contributed by atoms with Crippen LogP contribution in [0.4, 0.5) is 0 Å². The van der Waals surface area contributed by atoms with Gasteiger partial charge in [-0.05, 0) is 6.92 Å². The number of aromatic nitrogens is 1. The van der Waals surface area contributed by atoms with Crippen molar-refractivity contribution >= 4 is 5.91 Å². The third kappa shape index (κ3) is 2.36. The van der Waals surface area contributed by atoms with Crippen LogP contribution in [0, 0.1) is 0 Å². The molecule has 88 valence electrons. The molecule has 0 saturated carbocycles. The van der Waals surface area contributed by atoms with Crippen molar-refractivity contribution in [2.75, 3.05) is 13.6 Å². The fraction of sp³-hybridized carbons (Fsp3) is 0.231. The Morgan fingerprint density at radius 2 is 2.06 bits per heavy atom. The predicted octanol–water partition coefficient (Wildman–Crippen LogP) is 2.43. The SMILES string of the molecule is CCN(C)C(=O)c1cc(-c2ccccc2)on1. The minimum atomic E-state index is -0.126. The van der Waals surface area contributed by atoms with Crippen molar-refractivity contribution in [3.8, 4) is 11.3 Å². The number of hydrogen-bond acceptors (Lipinski definition) is 3. The molecule has 2 rings (SSSR count). The van der Waals surface area contributed by atoms with Crippen molar-refractivity contribution in [2.45, 2.75) is 6.92 Å². The maximum Gasteiger partial charge on any atom is 0.275 e. The van der Waals surface area contributed by atoms with Crippen molar-refractivity contribution in [1.82, 2.24) is 10.1 Å². The lowest BCUT2D eigenvalue weighted by Crippen LogP contribution is -2.26. The molecule has 1 amide bonds. The van der Waals surface area contributed by atoms with E-state index in [2.05, 4.69) is 5.16 Å². The van der Waals surface area contributed by atoms with Gasteiger partial charge in [0.2, 0.25) is 0 Å². The largest absolute Gasteiger partial charge is 0.355 e. The molecule has 0 radical (unpaired) electrons. The molecule has 1 aromatic carbocycles. The molecule has 4 heteroatoms. The molecule has 0 saturated heterocycles. The van der Waals surface area contributed by atoms with Crippen LogP contribution >= 0.6 is 0 Å². The Balaban J connectivity index is 2.25. The summed E-state index contributed by atoms with van der Waals surface area (Å²) >= 11 is 0. The summed E-state index contributed by atoms with van der Waals surface area (Å²) in [7, 11) is 1.74. The van der Waals surface area contributed by atoms with Crippen molar-refractivity contribution in [3.63, 3.8) is 0 Å². The van der Waals surface area contributed by atoms with E-state index in [9.17, 15) is 4.79 Å². The summed E-state index contributed by atoms with van der Waals surface area (Å²) in [6.45, 7) is 2.56. The second-order valence-corrected chi connectivity index (χ2v) is 3.76. The third-order valence-electron chi connectivity index (χ3n) is 2.61. The maximum atomic E-state index is 11.8. The molecule has 17 heavy (non-hydrogen) atoms. The molecular formula is C13H14N2O2. The van der Waals surface area contributed by atoms with Crippen LogP contribution in [0.2, 0.25) is 0 Å². The van der Waals surface area contributed by atoms with Crippen LogP contribution in [-0.4, -0.2) is 29.6 Å². The molecule has 2 aromatic rings. The van der Waals surface area contributed by atoms with Crippen LogP contribution in [-0.2, 0) is 0 Å². The second-order valence-electron chi connectivity index (χ2n) is 3.76. The quantitative estimate of drug-likeness (QED) is 0.813. The van der Waals surface area contributed by atoms with Gasteiger partial charge >= 0.3 is 0 Å². The standard InChI is InChI=1S/C13H14N2O2/c1-3-15(2)13(16)11-9-12(17-14-11)10-7-5-4-6-8-10/h4-9H,3H2,1-2H3. The Morgan fingerprint density at radius 3 is 2.71 bits per heavy atom. The van der Waals surface area contributed by atoms with Gasteiger partial charge in [-0.1, -0.05) is 35.5 Å². The van der Waals surface area contributed by atoms with Gasteiger partial charge in [0, 0.05) is 25.2 Å². The normalized spacial score (nSPS) is 10.2. The Bertz CT molecular complexity index is 505. The Kier molecular flexibility index (Phi) is 3.23. The Morgan fingerprint density at radius 1 is 1.35 bits per heavy atom. The number of nitrogens with zero attached hydrogens (tertiary/aromatic N) is 2. The molecule has 1 heterocycles. The lowest BCUT2D eigenvalue weighted by molar-refractivity contribution is 0.0792. The van der Waals surface area contributed by atoms with Crippen LogP contribution in [0.25, 0.3) is 11.3 Å². The summed E-state index contributed by atoms with van der Waals surface area (Å²) in [5.41, 5.74) is 1.26. The van der Waals surface area contributed by atoms with Gasteiger partial charge < -0.3 is 9.42 Å². The number of amides is 1. The van der Waals surface area contributed by atoms with Gasteiger partial charge in [0.15, 0.2) is 11.5 Å². The predicted molar refractivity (Wildman–Crippen MR) is 64.6 cm³/mol. The average molecular weight is 230 g/mol. The second kappa shape index (κ2) is 4.82. The Labute approximate surface area is 99.8 Å². The highest BCUT2D eigenvalue weighted by molar-refractivity contribution is 5.92. The fourth-order valence-electron chi connectivity index (χ4n) is 1.45. The van der Waals surface area contributed by atoms with Gasteiger partial charge in [0.05, 0.1) is 0 Å². The monoisotopic (exact) mass is 230 g/mol. The van der Waals surface area contributed by atoms with E-state index < -0.39 is 0 Å². The zero-order valence-corrected chi connectivity index (χ0v) is 9.88. The lowest BCUT2D eigenvalue weighted by Gasteiger charge is -2.11. The zero-order valence-electron chi connectivity index (χ0n) is 9.88. The van der Waals surface area contributed by atoms with E-state index in [4.69, 9.17) is 4.52 Å². The van der Waals surface area contributed by atoms with Crippen LogP contribution in [0.15, 0.2) is 40.9 Å². The minimum absolute atomic E-state index is 0.126. The van der Waals surface area contributed by atoms with Gasteiger partial charge in [-0.3, -0.25) is 4.79 Å². The van der Waals surface area contributed by atoms with E-state index in [1.54, 1.807) is 18.0 Å². The summed E-state index contributed by atoms with van der Waals surface area (Å²) < 4.78 is 5.17. The lowest BCUT2D eigenvalue weighted by atomic mass is 10.1. The van der Waals surface area contributed by atoms with Crippen LogP contribution in [0.1, 0.15) is 17.4 Å². The minimum Gasteiger partial charge on any atom is -0.355 e. The summed E-state index contributed by atoms with van der Waals surface area (Å²) in [6, 6.07) is 11.3. The molecule has 0 aliphatic rings. The third-order valence-corrected chi connectivity index (χ3v) is 2.61. The molecule has 0 unspecified atom stereocenters. The zero-order chi connectivity index (χ0) is 12.3. The van der Waals surface area contributed by atoms with Gasteiger partial charge in [0.25, 0.3) is 5.91 Å².